The molecule has 0 spiro atoms. The SMILES string of the molecule is COc1ccc(N2C(=O)C(O)=C(C(=O)CC(C)C)C2c2cccc(O)c2)cc1Cl. The normalized spacial score (nSPS) is 16.7. The van der Waals surface area contributed by atoms with Gasteiger partial charge in [0, 0.05) is 12.1 Å². The number of Topliss-reactive ketones (excluding diaryl/α,β-unsaturated/α-hetero) is 1. The highest BCUT2D eigenvalue weighted by atomic mass is 35.5. The molecule has 2 aromatic rings. The highest BCUT2D eigenvalue weighted by Gasteiger charge is 2.44. The molecule has 1 heterocycles. The lowest BCUT2D eigenvalue weighted by atomic mass is 9.92. The fraction of sp³-hybridized carbons (Fsp3) is 0.273. The van der Waals surface area contributed by atoms with Crippen molar-refractivity contribution >= 4 is 29.0 Å². The summed E-state index contributed by atoms with van der Waals surface area (Å²) < 4.78 is 5.16. The number of aliphatic hydroxyl groups excluding tert-OH is 1. The minimum atomic E-state index is -0.884. The Morgan fingerprint density at radius 1 is 1.21 bits per heavy atom. The summed E-state index contributed by atoms with van der Waals surface area (Å²) in [4.78, 5) is 27.2. The predicted octanol–water partition coefficient (Wildman–Crippen LogP) is 4.57. The number of halogens is 1. The number of carbonyl (C=O) groups excluding carboxylic acids is 2. The third-order valence-electron chi connectivity index (χ3n) is 4.70. The average Bonchev–Trinajstić information content (AvgIpc) is 2.92. The number of carbonyl (C=O) groups is 2. The van der Waals surface area contributed by atoms with Crippen molar-refractivity contribution in [2.24, 2.45) is 5.92 Å². The van der Waals surface area contributed by atoms with Gasteiger partial charge in [-0.25, -0.2) is 0 Å². The summed E-state index contributed by atoms with van der Waals surface area (Å²) in [6.07, 6.45) is 0.180. The van der Waals surface area contributed by atoms with Crippen LogP contribution >= 0.6 is 11.6 Å². The maximum atomic E-state index is 13.0. The van der Waals surface area contributed by atoms with E-state index >= 15 is 0 Å². The van der Waals surface area contributed by atoms with Crippen LogP contribution in [0.5, 0.6) is 11.5 Å². The van der Waals surface area contributed by atoms with Gasteiger partial charge in [-0.1, -0.05) is 37.6 Å². The van der Waals surface area contributed by atoms with E-state index in [1.807, 2.05) is 13.8 Å². The second-order valence-corrected chi connectivity index (χ2v) is 7.68. The number of amides is 1. The van der Waals surface area contributed by atoms with Crippen LogP contribution in [0.3, 0.4) is 0 Å². The number of nitrogens with zero attached hydrogens (tertiary/aromatic N) is 1. The molecule has 6 nitrogen and oxygen atoms in total. The van der Waals surface area contributed by atoms with Crippen LogP contribution in [0.2, 0.25) is 5.02 Å². The zero-order valence-electron chi connectivity index (χ0n) is 16.3. The van der Waals surface area contributed by atoms with Gasteiger partial charge in [-0.05, 0) is 41.8 Å². The summed E-state index contributed by atoms with van der Waals surface area (Å²) in [6.45, 7) is 3.77. The van der Waals surface area contributed by atoms with Gasteiger partial charge in [0.2, 0.25) is 0 Å². The number of hydrogen-bond donors (Lipinski definition) is 2. The first-order valence-electron chi connectivity index (χ1n) is 9.17. The molecule has 0 aromatic heterocycles. The van der Waals surface area contributed by atoms with E-state index in [9.17, 15) is 19.8 Å². The molecule has 29 heavy (non-hydrogen) atoms. The van der Waals surface area contributed by atoms with E-state index < -0.39 is 17.7 Å². The maximum Gasteiger partial charge on any atom is 0.294 e. The number of hydrogen-bond acceptors (Lipinski definition) is 5. The van der Waals surface area contributed by atoms with Crippen LogP contribution in [-0.4, -0.2) is 29.0 Å². The van der Waals surface area contributed by atoms with Crippen molar-refractivity contribution in [2.75, 3.05) is 12.0 Å². The number of phenolic OH excluding ortho intramolecular Hbond substituents is 1. The Bertz CT molecular complexity index is 998. The molecule has 1 amide bonds. The highest BCUT2D eigenvalue weighted by Crippen LogP contribution is 2.43. The van der Waals surface area contributed by atoms with Gasteiger partial charge in [-0.2, -0.15) is 0 Å². The summed E-state index contributed by atoms with van der Waals surface area (Å²) in [7, 11) is 1.48. The minimum absolute atomic E-state index is 0.00953. The molecule has 3 rings (SSSR count). The van der Waals surface area contributed by atoms with Crippen molar-refractivity contribution in [3.8, 4) is 11.5 Å². The second-order valence-electron chi connectivity index (χ2n) is 7.27. The Morgan fingerprint density at radius 3 is 2.52 bits per heavy atom. The standard InChI is InChI=1S/C22H22ClNO5/c1-12(2)9-17(26)19-20(13-5-4-6-15(25)10-13)24(22(28)21(19)27)14-7-8-18(29-3)16(23)11-14/h4-8,10-12,20,25,27H,9H2,1-3H3. The van der Waals surface area contributed by atoms with Gasteiger partial charge in [0.25, 0.3) is 5.91 Å². The molecule has 2 aromatic carbocycles. The number of anilines is 1. The van der Waals surface area contributed by atoms with Crippen LogP contribution in [0, 0.1) is 5.92 Å². The summed E-state index contributed by atoms with van der Waals surface area (Å²) in [5.41, 5.74) is 0.913. The van der Waals surface area contributed by atoms with E-state index in [0.717, 1.165) is 0 Å². The van der Waals surface area contributed by atoms with E-state index in [0.29, 0.717) is 17.0 Å². The van der Waals surface area contributed by atoms with Gasteiger partial charge >= 0.3 is 0 Å². The first-order chi connectivity index (χ1) is 13.7. The summed E-state index contributed by atoms with van der Waals surface area (Å²) in [5, 5.41) is 20.8. The van der Waals surface area contributed by atoms with Gasteiger partial charge in [-0.15, -0.1) is 0 Å². The lowest BCUT2D eigenvalue weighted by Gasteiger charge is -2.27. The number of ketones is 1. The molecule has 1 atom stereocenters. The van der Waals surface area contributed by atoms with Crippen LogP contribution in [0.15, 0.2) is 53.8 Å². The van der Waals surface area contributed by atoms with Crippen molar-refractivity contribution in [2.45, 2.75) is 26.3 Å². The topological polar surface area (TPSA) is 87.1 Å². The van der Waals surface area contributed by atoms with E-state index in [-0.39, 0.29) is 34.5 Å². The molecule has 2 N–H and O–H groups in total. The van der Waals surface area contributed by atoms with Gasteiger partial charge in [0.15, 0.2) is 11.5 Å². The van der Waals surface area contributed by atoms with Crippen molar-refractivity contribution < 1.29 is 24.5 Å². The number of benzene rings is 2. The molecule has 0 saturated carbocycles. The van der Waals surface area contributed by atoms with Crippen LogP contribution in [0.1, 0.15) is 31.9 Å². The zero-order chi connectivity index (χ0) is 21.3. The summed E-state index contributed by atoms with van der Waals surface area (Å²) >= 11 is 6.23. The zero-order valence-corrected chi connectivity index (χ0v) is 17.1. The maximum absolute atomic E-state index is 13.0. The number of ether oxygens (including phenoxy) is 1. The van der Waals surface area contributed by atoms with E-state index in [1.165, 1.54) is 30.2 Å². The first-order valence-corrected chi connectivity index (χ1v) is 9.54. The number of aromatic hydroxyl groups is 1. The molecular weight excluding hydrogens is 394 g/mol. The molecule has 1 aliphatic rings. The second kappa shape index (κ2) is 8.17. The third-order valence-corrected chi connectivity index (χ3v) is 5.00. The molecule has 0 bridgehead atoms. The molecular formula is C22H22ClNO5. The third kappa shape index (κ3) is 3.93. The molecule has 7 heteroatoms. The van der Waals surface area contributed by atoms with E-state index in [1.54, 1.807) is 24.3 Å². The molecule has 0 fully saturated rings. The Kier molecular flexibility index (Phi) is 5.84. The van der Waals surface area contributed by atoms with Gasteiger partial charge in [0.1, 0.15) is 11.5 Å². The fourth-order valence-electron chi connectivity index (χ4n) is 3.45. The molecule has 1 unspecified atom stereocenters. The molecule has 0 saturated heterocycles. The molecule has 152 valence electrons. The molecule has 1 aliphatic heterocycles. The summed E-state index contributed by atoms with van der Waals surface area (Å²) in [6, 6.07) is 10.2. The summed E-state index contributed by atoms with van der Waals surface area (Å²) in [5.74, 6) is -1.13. The lowest BCUT2D eigenvalue weighted by Crippen LogP contribution is -2.31. The van der Waals surface area contributed by atoms with Crippen molar-refractivity contribution in [3.63, 3.8) is 0 Å². The Balaban J connectivity index is 2.16. The van der Waals surface area contributed by atoms with Gasteiger partial charge in [0.05, 0.1) is 23.7 Å². The minimum Gasteiger partial charge on any atom is -0.508 e. The highest BCUT2D eigenvalue weighted by molar-refractivity contribution is 6.32. The number of methoxy groups -OCH3 is 1. The van der Waals surface area contributed by atoms with Crippen molar-refractivity contribution in [3.05, 3.63) is 64.4 Å². The van der Waals surface area contributed by atoms with E-state index in [2.05, 4.69) is 0 Å². The van der Waals surface area contributed by atoms with E-state index in [4.69, 9.17) is 16.3 Å². The first kappa shape index (κ1) is 20.7. The van der Waals surface area contributed by atoms with Crippen molar-refractivity contribution in [1.82, 2.24) is 0 Å². The van der Waals surface area contributed by atoms with Crippen LogP contribution < -0.4 is 9.64 Å². The largest absolute Gasteiger partial charge is 0.508 e. The average molecular weight is 416 g/mol. The Morgan fingerprint density at radius 2 is 1.93 bits per heavy atom. The van der Waals surface area contributed by atoms with Crippen LogP contribution in [0.25, 0.3) is 0 Å². The molecule has 0 radical (unpaired) electrons. The predicted molar refractivity (Wildman–Crippen MR) is 110 cm³/mol. The monoisotopic (exact) mass is 415 g/mol. The smallest absolute Gasteiger partial charge is 0.294 e. The van der Waals surface area contributed by atoms with Crippen LogP contribution in [-0.2, 0) is 9.59 Å². The van der Waals surface area contributed by atoms with Crippen molar-refractivity contribution in [1.29, 1.82) is 0 Å². The Hall–Kier alpha value is -2.99. The van der Waals surface area contributed by atoms with Gasteiger partial charge in [-0.3, -0.25) is 14.5 Å². The quantitative estimate of drug-likeness (QED) is 0.721. The Labute approximate surface area is 174 Å². The number of rotatable bonds is 6. The fourth-order valence-corrected chi connectivity index (χ4v) is 3.70. The molecule has 0 aliphatic carbocycles. The number of aliphatic hydroxyl groups is 1. The van der Waals surface area contributed by atoms with Gasteiger partial charge < -0.3 is 14.9 Å². The number of phenols is 1. The lowest BCUT2D eigenvalue weighted by molar-refractivity contribution is -0.118. The van der Waals surface area contributed by atoms with Crippen LogP contribution in [0.4, 0.5) is 5.69 Å².